The molecule has 1 rings (SSSR count). The third kappa shape index (κ3) is 5.93. The van der Waals surface area contributed by atoms with E-state index < -0.39 is 0 Å². The van der Waals surface area contributed by atoms with E-state index in [1.54, 1.807) is 7.11 Å². The minimum Gasteiger partial charge on any atom is -0.493 e. The Bertz CT molecular complexity index is 394. The molecule has 0 saturated heterocycles. The summed E-state index contributed by atoms with van der Waals surface area (Å²) in [5.74, 6) is 0.950. The Labute approximate surface area is 124 Å². The molecule has 0 aliphatic heterocycles. The minimum atomic E-state index is -0.0565. The first-order valence-electron chi connectivity index (χ1n) is 6.63. The van der Waals surface area contributed by atoms with E-state index in [0.29, 0.717) is 6.61 Å². The van der Waals surface area contributed by atoms with Crippen LogP contribution < -0.4 is 10.1 Å². The van der Waals surface area contributed by atoms with E-state index >= 15 is 0 Å². The van der Waals surface area contributed by atoms with Gasteiger partial charge in [0.25, 0.3) is 0 Å². The van der Waals surface area contributed by atoms with Crippen molar-refractivity contribution < 1.29 is 9.47 Å². The summed E-state index contributed by atoms with van der Waals surface area (Å²) in [6.45, 7) is 8.54. The lowest BCUT2D eigenvalue weighted by molar-refractivity contribution is 0.127. The number of hydrogen-bond donors (Lipinski definition) is 1. The van der Waals surface area contributed by atoms with Crippen molar-refractivity contribution in [3.8, 4) is 5.75 Å². The van der Waals surface area contributed by atoms with E-state index in [1.807, 2.05) is 12.1 Å². The maximum absolute atomic E-state index is 5.77. The summed E-state index contributed by atoms with van der Waals surface area (Å²) in [6, 6.07) is 6.12. The van der Waals surface area contributed by atoms with Crippen molar-refractivity contribution in [3.05, 3.63) is 28.2 Å². The zero-order chi connectivity index (χ0) is 14.3. The second-order valence-electron chi connectivity index (χ2n) is 5.27. The van der Waals surface area contributed by atoms with Crippen LogP contribution in [0.25, 0.3) is 0 Å². The first kappa shape index (κ1) is 16.5. The third-order valence-electron chi connectivity index (χ3n) is 2.75. The van der Waals surface area contributed by atoms with Crippen molar-refractivity contribution >= 4 is 15.9 Å². The largest absolute Gasteiger partial charge is 0.493 e. The highest BCUT2D eigenvalue weighted by atomic mass is 79.9. The van der Waals surface area contributed by atoms with E-state index in [1.165, 1.54) is 0 Å². The molecular weight excluding hydrogens is 306 g/mol. The van der Waals surface area contributed by atoms with Crippen LogP contribution in [-0.4, -0.2) is 25.9 Å². The van der Waals surface area contributed by atoms with Crippen molar-refractivity contribution in [1.82, 2.24) is 5.32 Å². The van der Waals surface area contributed by atoms with Crippen molar-refractivity contribution in [2.24, 2.45) is 0 Å². The van der Waals surface area contributed by atoms with Crippen molar-refractivity contribution in [1.29, 1.82) is 0 Å². The normalized spacial score (nSPS) is 11.6. The highest BCUT2D eigenvalue weighted by molar-refractivity contribution is 9.10. The average Bonchev–Trinajstić information content (AvgIpc) is 2.35. The number of rotatable bonds is 8. The third-order valence-corrected chi connectivity index (χ3v) is 3.24. The molecule has 0 aliphatic carbocycles. The van der Waals surface area contributed by atoms with E-state index in [0.717, 1.165) is 35.4 Å². The molecule has 0 fully saturated rings. The molecule has 1 aromatic rings. The Kier molecular flexibility index (Phi) is 6.83. The molecule has 3 nitrogen and oxygen atoms in total. The first-order chi connectivity index (χ1) is 8.98. The lowest BCUT2D eigenvalue weighted by atomic mass is 10.1. The standard InChI is InChI=1S/C15H24BrNO2/c1-5-8-19-14-7-6-13(16)9-12(14)10-17-15(2,3)11-18-4/h6-7,9,17H,5,8,10-11H2,1-4H3. The molecule has 0 amide bonds. The lowest BCUT2D eigenvalue weighted by Crippen LogP contribution is -2.42. The van der Waals surface area contributed by atoms with Crippen LogP contribution in [0.3, 0.4) is 0 Å². The molecule has 0 aromatic heterocycles. The Hall–Kier alpha value is -0.580. The molecule has 0 saturated carbocycles. The Morgan fingerprint density at radius 1 is 1.32 bits per heavy atom. The van der Waals surface area contributed by atoms with Gasteiger partial charge in [0.2, 0.25) is 0 Å². The maximum Gasteiger partial charge on any atom is 0.123 e. The summed E-state index contributed by atoms with van der Waals surface area (Å²) in [6.07, 6.45) is 1.01. The van der Waals surface area contributed by atoms with Gasteiger partial charge >= 0.3 is 0 Å². The van der Waals surface area contributed by atoms with E-state index in [4.69, 9.17) is 9.47 Å². The summed E-state index contributed by atoms with van der Waals surface area (Å²) < 4.78 is 12.1. The van der Waals surface area contributed by atoms with Gasteiger partial charge in [-0.15, -0.1) is 0 Å². The van der Waals surface area contributed by atoms with Gasteiger partial charge in [0.05, 0.1) is 13.2 Å². The second kappa shape index (κ2) is 7.88. The van der Waals surface area contributed by atoms with Gasteiger partial charge in [-0.2, -0.15) is 0 Å². The molecule has 0 unspecified atom stereocenters. The number of benzene rings is 1. The van der Waals surface area contributed by atoms with E-state index in [9.17, 15) is 0 Å². The highest BCUT2D eigenvalue weighted by Gasteiger charge is 2.17. The number of methoxy groups -OCH3 is 1. The zero-order valence-electron chi connectivity index (χ0n) is 12.3. The smallest absolute Gasteiger partial charge is 0.123 e. The summed E-state index contributed by atoms with van der Waals surface area (Å²) in [4.78, 5) is 0. The van der Waals surface area contributed by atoms with Gasteiger partial charge in [-0.05, 0) is 38.5 Å². The predicted molar refractivity (Wildman–Crippen MR) is 82.7 cm³/mol. The molecule has 0 heterocycles. The van der Waals surface area contributed by atoms with Crippen LogP contribution in [0.15, 0.2) is 22.7 Å². The van der Waals surface area contributed by atoms with E-state index in [2.05, 4.69) is 48.1 Å². The van der Waals surface area contributed by atoms with Crippen LogP contribution in [0.4, 0.5) is 0 Å². The molecule has 108 valence electrons. The number of halogens is 1. The quantitative estimate of drug-likeness (QED) is 0.787. The van der Waals surface area contributed by atoms with Crippen molar-refractivity contribution in [2.45, 2.75) is 39.3 Å². The highest BCUT2D eigenvalue weighted by Crippen LogP contribution is 2.24. The molecule has 19 heavy (non-hydrogen) atoms. The summed E-state index contributed by atoms with van der Waals surface area (Å²) in [5.41, 5.74) is 1.10. The van der Waals surface area contributed by atoms with Crippen LogP contribution in [0.2, 0.25) is 0 Å². The Morgan fingerprint density at radius 3 is 2.68 bits per heavy atom. The van der Waals surface area contributed by atoms with Gasteiger partial charge in [-0.1, -0.05) is 22.9 Å². The molecule has 0 atom stereocenters. The van der Waals surface area contributed by atoms with Crippen molar-refractivity contribution in [2.75, 3.05) is 20.3 Å². The number of nitrogens with one attached hydrogen (secondary N) is 1. The molecule has 1 N–H and O–H groups in total. The zero-order valence-corrected chi connectivity index (χ0v) is 13.8. The van der Waals surface area contributed by atoms with Crippen LogP contribution in [0.5, 0.6) is 5.75 Å². The van der Waals surface area contributed by atoms with Crippen molar-refractivity contribution in [3.63, 3.8) is 0 Å². The molecule has 0 spiro atoms. The van der Waals surface area contributed by atoms with Gasteiger partial charge in [0.15, 0.2) is 0 Å². The van der Waals surface area contributed by atoms with Gasteiger partial charge in [0.1, 0.15) is 5.75 Å². The molecule has 0 aliphatic rings. The maximum atomic E-state index is 5.77. The van der Waals surface area contributed by atoms with Gasteiger partial charge in [-0.25, -0.2) is 0 Å². The minimum absolute atomic E-state index is 0.0565. The first-order valence-corrected chi connectivity index (χ1v) is 7.43. The summed E-state index contributed by atoms with van der Waals surface area (Å²) >= 11 is 3.51. The number of hydrogen-bond acceptors (Lipinski definition) is 3. The van der Waals surface area contributed by atoms with Crippen LogP contribution in [-0.2, 0) is 11.3 Å². The van der Waals surface area contributed by atoms with E-state index in [-0.39, 0.29) is 5.54 Å². The summed E-state index contributed by atoms with van der Waals surface area (Å²) in [5, 5.41) is 3.49. The molecule has 1 aromatic carbocycles. The molecule has 0 radical (unpaired) electrons. The second-order valence-corrected chi connectivity index (χ2v) is 6.19. The Balaban J connectivity index is 2.72. The predicted octanol–water partition coefficient (Wildman–Crippen LogP) is 3.75. The molecule has 0 bridgehead atoms. The van der Waals surface area contributed by atoms with Gasteiger partial charge in [-0.3, -0.25) is 0 Å². The van der Waals surface area contributed by atoms with Gasteiger partial charge < -0.3 is 14.8 Å². The molecular formula is C15H24BrNO2. The van der Waals surface area contributed by atoms with Gasteiger partial charge in [0, 0.05) is 29.2 Å². The summed E-state index contributed by atoms with van der Waals surface area (Å²) in [7, 11) is 1.72. The topological polar surface area (TPSA) is 30.5 Å². The van der Waals surface area contributed by atoms with Crippen LogP contribution in [0.1, 0.15) is 32.8 Å². The van der Waals surface area contributed by atoms with Crippen LogP contribution in [0, 0.1) is 0 Å². The lowest BCUT2D eigenvalue weighted by Gasteiger charge is -2.26. The Morgan fingerprint density at radius 2 is 2.05 bits per heavy atom. The van der Waals surface area contributed by atoms with Crippen LogP contribution >= 0.6 is 15.9 Å². The average molecular weight is 330 g/mol. The fourth-order valence-corrected chi connectivity index (χ4v) is 2.19. The molecule has 4 heteroatoms. The fraction of sp³-hybridized carbons (Fsp3) is 0.600. The fourth-order valence-electron chi connectivity index (χ4n) is 1.79. The monoisotopic (exact) mass is 329 g/mol. The number of ether oxygens (including phenoxy) is 2. The SMILES string of the molecule is CCCOc1ccc(Br)cc1CNC(C)(C)COC.